The van der Waals surface area contributed by atoms with Crippen molar-refractivity contribution in [2.45, 2.75) is 12.5 Å². The molecule has 3 aromatic rings. The molecule has 3 rings (SSSR count). The number of nitrogens with zero attached hydrogens (tertiary/aromatic N) is 2. The number of halogens is 1. The number of hydrogen-bond acceptors (Lipinski definition) is 2. The lowest BCUT2D eigenvalue weighted by Gasteiger charge is -2.11. The normalized spacial score (nSPS) is 12.8. The average Bonchev–Trinajstić information content (AvgIpc) is 2.76. The van der Waals surface area contributed by atoms with E-state index in [9.17, 15) is 4.39 Å². The summed E-state index contributed by atoms with van der Waals surface area (Å²) in [5, 5.41) is 0. The minimum Gasteiger partial charge on any atom is -0.330 e. The maximum Gasteiger partial charge on any atom is 0.126 e. The topological polar surface area (TPSA) is 43.8 Å². The van der Waals surface area contributed by atoms with Crippen LogP contribution >= 0.6 is 0 Å². The van der Waals surface area contributed by atoms with E-state index in [0.29, 0.717) is 11.9 Å². The number of nitrogens with two attached hydrogens (primary N) is 1. The Morgan fingerprint density at radius 1 is 1.20 bits per heavy atom. The van der Waals surface area contributed by atoms with Gasteiger partial charge in [0.25, 0.3) is 0 Å². The zero-order chi connectivity index (χ0) is 14.1. The van der Waals surface area contributed by atoms with E-state index in [0.717, 1.165) is 11.3 Å². The van der Waals surface area contributed by atoms with Gasteiger partial charge in [-0.05, 0) is 24.1 Å². The first kappa shape index (κ1) is 12.8. The van der Waals surface area contributed by atoms with E-state index in [4.69, 9.17) is 5.73 Å². The first-order valence-corrected chi connectivity index (χ1v) is 6.56. The molecule has 0 bridgehead atoms. The summed E-state index contributed by atoms with van der Waals surface area (Å²) in [7, 11) is 1.91. The molecule has 20 heavy (non-hydrogen) atoms. The van der Waals surface area contributed by atoms with Gasteiger partial charge < -0.3 is 10.3 Å². The summed E-state index contributed by atoms with van der Waals surface area (Å²) in [6, 6.07) is 14.5. The number of benzene rings is 2. The Kier molecular flexibility index (Phi) is 3.24. The molecule has 2 aromatic carbocycles. The van der Waals surface area contributed by atoms with Gasteiger partial charge in [-0.2, -0.15) is 0 Å². The highest BCUT2D eigenvalue weighted by atomic mass is 19.1. The van der Waals surface area contributed by atoms with Crippen LogP contribution in [-0.2, 0) is 13.5 Å². The second-order valence-corrected chi connectivity index (χ2v) is 4.96. The molecule has 102 valence electrons. The zero-order valence-electron chi connectivity index (χ0n) is 11.3. The molecule has 0 aliphatic heterocycles. The number of aromatic nitrogens is 2. The molecule has 0 aliphatic carbocycles. The summed E-state index contributed by atoms with van der Waals surface area (Å²) in [6.07, 6.45) is 0.709. The van der Waals surface area contributed by atoms with Gasteiger partial charge in [0.2, 0.25) is 0 Å². The number of rotatable bonds is 3. The summed E-state index contributed by atoms with van der Waals surface area (Å²) >= 11 is 0. The van der Waals surface area contributed by atoms with Crippen LogP contribution in [0.2, 0.25) is 0 Å². The van der Waals surface area contributed by atoms with Crippen LogP contribution in [0.4, 0.5) is 4.39 Å². The second kappa shape index (κ2) is 5.06. The molecule has 1 atom stereocenters. The van der Waals surface area contributed by atoms with Gasteiger partial charge in [-0.1, -0.05) is 30.3 Å². The van der Waals surface area contributed by atoms with Crippen molar-refractivity contribution in [1.82, 2.24) is 9.55 Å². The predicted molar refractivity (Wildman–Crippen MR) is 77.7 cm³/mol. The summed E-state index contributed by atoms with van der Waals surface area (Å²) < 4.78 is 15.2. The maximum atomic E-state index is 13.2. The van der Waals surface area contributed by atoms with E-state index in [1.54, 1.807) is 6.07 Å². The summed E-state index contributed by atoms with van der Waals surface area (Å²) in [5.74, 6) is 0.494. The quantitative estimate of drug-likeness (QED) is 0.794. The van der Waals surface area contributed by atoms with E-state index < -0.39 is 0 Å². The Balaban J connectivity index is 1.95. The minimum absolute atomic E-state index is 0.210. The highest BCUT2D eigenvalue weighted by Gasteiger charge is 2.15. The molecule has 0 spiro atoms. The van der Waals surface area contributed by atoms with Crippen LogP contribution in [0, 0.1) is 5.82 Å². The van der Waals surface area contributed by atoms with Gasteiger partial charge in [0.15, 0.2) is 0 Å². The molecule has 0 saturated heterocycles. The Morgan fingerprint density at radius 2 is 1.95 bits per heavy atom. The lowest BCUT2D eigenvalue weighted by molar-refractivity contribution is 0.629. The van der Waals surface area contributed by atoms with Gasteiger partial charge in [-0.15, -0.1) is 0 Å². The molecule has 1 aromatic heterocycles. The number of hydrogen-bond donors (Lipinski definition) is 1. The fraction of sp³-hybridized carbons (Fsp3) is 0.188. The van der Waals surface area contributed by atoms with Crippen molar-refractivity contribution < 1.29 is 4.39 Å². The Morgan fingerprint density at radius 3 is 2.70 bits per heavy atom. The first-order chi connectivity index (χ1) is 9.65. The fourth-order valence-corrected chi connectivity index (χ4v) is 2.48. The molecular formula is C16H16FN3. The van der Waals surface area contributed by atoms with Gasteiger partial charge in [0.1, 0.15) is 11.6 Å². The van der Waals surface area contributed by atoms with Crippen molar-refractivity contribution in [3.63, 3.8) is 0 Å². The third kappa shape index (κ3) is 2.30. The van der Waals surface area contributed by atoms with Crippen LogP contribution in [-0.4, -0.2) is 9.55 Å². The van der Waals surface area contributed by atoms with Crippen molar-refractivity contribution in [3.05, 3.63) is 65.7 Å². The molecule has 2 N–H and O–H groups in total. The number of fused-ring (bicyclic) bond motifs is 1. The summed E-state index contributed by atoms with van der Waals surface area (Å²) in [4.78, 5) is 4.47. The Bertz CT molecular complexity index is 734. The molecule has 0 saturated carbocycles. The molecule has 0 radical (unpaired) electrons. The lowest BCUT2D eigenvalue weighted by atomic mass is 10.1. The summed E-state index contributed by atoms with van der Waals surface area (Å²) in [5.41, 5.74) is 8.96. The van der Waals surface area contributed by atoms with Gasteiger partial charge in [-0.25, -0.2) is 9.37 Å². The van der Waals surface area contributed by atoms with Gasteiger partial charge >= 0.3 is 0 Å². The Labute approximate surface area is 116 Å². The maximum absolute atomic E-state index is 13.2. The first-order valence-electron chi connectivity index (χ1n) is 6.56. The third-order valence-electron chi connectivity index (χ3n) is 3.51. The molecular weight excluding hydrogens is 253 g/mol. The van der Waals surface area contributed by atoms with Crippen molar-refractivity contribution in [3.8, 4) is 0 Å². The van der Waals surface area contributed by atoms with E-state index in [-0.39, 0.29) is 11.9 Å². The van der Waals surface area contributed by atoms with Crippen molar-refractivity contribution in [2.75, 3.05) is 0 Å². The van der Waals surface area contributed by atoms with Gasteiger partial charge in [0, 0.05) is 13.1 Å². The second-order valence-electron chi connectivity index (χ2n) is 4.96. The van der Waals surface area contributed by atoms with Gasteiger partial charge in [-0.3, -0.25) is 0 Å². The lowest BCUT2D eigenvalue weighted by Crippen LogP contribution is -2.17. The van der Waals surface area contributed by atoms with Crippen molar-refractivity contribution >= 4 is 11.0 Å². The highest BCUT2D eigenvalue weighted by molar-refractivity contribution is 5.76. The molecule has 1 unspecified atom stereocenters. The Hall–Kier alpha value is -2.20. The van der Waals surface area contributed by atoms with E-state index in [1.807, 2.05) is 41.9 Å². The average molecular weight is 269 g/mol. The van der Waals surface area contributed by atoms with E-state index in [1.165, 1.54) is 17.7 Å². The van der Waals surface area contributed by atoms with Crippen LogP contribution in [0.3, 0.4) is 0 Å². The van der Waals surface area contributed by atoms with Crippen LogP contribution in [0.5, 0.6) is 0 Å². The van der Waals surface area contributed by atoms with Crippen LogP contribution in [0.1, 0.15) is 17.4 Å². The van der Waals surface area contributed by atoms with Crippen LogP contribution in [0.25, 0.3) is 11.0 Å². The van der Waals surface area contributed by atoms with E-state index in [2.05, 4.69) is 4.98 Å². The molecule has 0 amide bonds. The van der Waals surface area contributed by atoms with Crippen molar-refractivity contribution in [1.29, 1.82) is 0 Å². The minimum atomic E-state index is -0.279. The fourth-order valence-electron chi connectivity index (χ4n) is 2.48. The standard InChI is InChI=1S/C16H16FN3/c1-20-15-8-7-12(17)10-14(15)19-16(20)13(18)9-11-5-3-2-4-6-11/h2-8,10,13H,9,18H2,1H3. The van der Waals surface area contributed by atoms with E-state index >= 15 is 0 Å². The molecule has 0 aliphatic rings. The molecule has 3 nitrogen and oxygen atoms in total. The molecule has 1 heterocycles. The molecule has 0 fully saturated rings. The van der Waals surface area contributed by atoms with Crippen molar-refractivity contribution in [2.24, 2.45) is 12.8 Å². The number of imidazole rings is 1. The molecule has 4 heteroatoms. The van der Waals surface area contributed by atoms with Gasteiger partial charge in [0.05, 0.1) is 17.1 Å². The SMILES string of the molecule is Cn1c(C(N)Cc2ccccc2)nc2cc(F)ccc21. The summed E-state index contributed by atoms with van der Waals surface area (Å²) in [6.45, 7) is 0. The van der Waals surface area contributed by atoms with Crippen LogP contribution < -0.4 is 5.73 Å². The van der Waals surface area contributed by atoms with Crippen LogP contribution in [0.15, 0.2) is 48.5 Å². The highest BCUT2D eigenvalue weighted by Crippen LogP contribution is 2.21. The third-order valence-corrected chi connectivity index (χ3v) is 3.51. The largest absolute Gasteiger partial charge is 0.330 e. The predicted octanol–water partition coefficient (Wildman–Crippen LogP) is 2.95. The smallest absolute Gasteiger partial charge is 0.126 e. The monoisotopic (exact) mass is 269 g/mol. The zero-order valence-corrected chi connectivity index (χ0v) is 11.3. The number of aryl methyl sites for hydroxylation is 1.